The molecule has 0 saturated heterocycles. The van der Waals surface area contributed by atoms with Gasteiger partial charge in [0.15, 0.2) is 5.75 Å². The van der Waals surface area contributed by atoms with Crippen molar-refractivity contribution in [2.45, 2.75) is 6.92 Å². The van der Waals surface area contributed by atoms with E-state index in [0.717, 1.165) is 33.7 Å². The second-order valence-electron chi connectivity index (χ2n) is 5.94. The molecule has 1 aromatic heterocycles. The van der Waals surface area contributed by atoms with Crippen LogP contribution in [0.2, 0.25) is 10.0 Å². The lowest BCUT2D eigenvalue weighted by Gasteiger charge is -2.08. The van der Waals surface area contributed by atoms with Crippen LogP contribution in [0, 0.1) is 6.92 Å². The summed E-state index contributed by atoms with van der Waals surface area (Å²) in [6, 6.07) is 21.4. The fraction of sp³-hybridized carbons (Fsp3) is 0.0476. The number of benzene rings is 3. The summed E-state index contributed by atoms with van der Waals surface area (Å²) in [4.78, 5) is 3.43. The SMILES string of the molecule is Cc1ccc(Oc2c(-c3ccc(Cl)cc3)[nH]c3ccc(Cl)cc23)cc1. The topological polar surface area (TPSA) is 25.0 Å². The molecule has 0 amide bonds. The van der Waals surface area contributed by atoms with Gasteiger partial charge in [-0.1, -0.05) is 53.0 Å². The lowest BCUT2D eigenvalue weighted by atomic mass is 10.1. The Hall–Kier alpha value is -2.42. The molecule has 0 saturated carbocycles. The molecule has 1 heterocycles. The van der Waals surface area contributed by atoms with Crippen molar-refractivity contribution in [3.05, 3.63) is 82.3 Å². The Bertz CT molecular complexity index is 1030. The first-order chi connectivity index (χ1) is 12.1. The summed E-state index contributed by atoms with van der Waals surface area (Å²) in [5, 5.41) is 2.31. The quantitative estimate of drug-likeness (QED) is 0.405. The first-order valence-corrected chi connectivity index (χ1v) is 8.67. The Labute approximate surface area is 156 Å². The molecule has 2 nitrogen and oxygen atoms in total. The number of hydrogen-bond acceptors (Lipinski definition) is 1. The highest BCUT2D eigenvalue weighted by molar-refractivity contribution is 6.31. The Morgan fingerprint density at radius 2 is 1.48 bits per heavy atom. The average molecular weight is 368 g/mol. The number of halogens is 2. The van der Waals surface area contributed by atoms with Crippen LogP contribution in [0.4, 0.5) is 0 Å². The van der Waals surface area contributed by atoms with Crippen molar-refractivity contribution >= 4 is 34.1 Å². The van der Waals surface area contributed by atoms with Crippen LogP contribution in [-0.4, -0.2) is 4.98 Å². The average Bonchev–Trinajstić information content (AvgIpc) is 2.95. The number of rotatable bonds is 3. The van der Waals surface area contributed by atoms with Gasteiger partial charge in [-0.25, -0.2) is 0 Å². The minimum Gasteiger partial charge on any atom is -0.454 e. The smallest absolute Gasteiger partial charge is 0.160 e. The van der Waals surface area contributed by atoms with Crippen LogP contribution in [0.25, 0.3) is 22.2 Å². The fourth-order valence-corrected chi connectivity index (χ4v) is 3.09. The largest absolute Gasteiger partial charge is 0.454 e. The highest BCUT2D eigenvalue weighted by Gasteiger charge is 2.16. The van der Waals surface area contributed by atoms with Crippen molar-refractivity contribution in [1.82, 2.24) is 4.98 Å². The molecule has 4 heteroatoms. The van der Waals surface area contributed by atoms with Gasteiger partial charge in [-0.05, 0) is 49.4 Å². The van der Waals surface area contributed by atoms with Crippen LogP contribution >= 0.6 is 23.2 Å². The van der Waals surface area contributed by atoms with Gasteiger partial charge in [0.1, 0.15) is 5.75 Å². The van der Waals surface area contributed by atoms with E-state index in [-0.39, 0.29) is 0 Å². The number of nitrogens with one attached hydrogen (secondary N) is 1. The number of aromatic amines is 1. The zero-order valence-corrected chi connectivity index (χ0v) is 15.0. The number of ether oxygens (including phenoxy) is 1. The molecule has 25 heavy (non-hydrogen) atoms. The Kier molecular flexibility index (Phi) is 4.16. The molecule has 0 aliphatic heterocycles. The number of H-pyrrole nitrogens is 1. The van der Waals surface area contributed by atoms with E-state index in [1.54, 1.807) is 0 Å². The third-order valence-electron chi connectivity index (χ3n) is 4.09. The zero-order valence-electron chi connectivity index (χ0n) is 13.5. The van der Waals surface area contributed by atoms with Gasteiger partial charge < -0.3 is 9.72 Å². The summed E-state index contributed by atoms with van der Waals surface area (Å²) in [7, 11) is 0. The van der Waals surface area contributed by atoms with Crippen molar-refractivity contribution in [3.8, 4) is 22.8 Å². The third kappa shape index (κ3) is 3.23. The van der Waals surface area contributed by atoms with E-state index in [2.05, 4.69) is 4.98 Å². The number of aryl methyl sites for hydroxylation is 1. The maximum Gasteiger partial charge on any atom is 0.160 e. The molecule has 1 N–H and O–H groups in total. The summed E-state index contributed by atoms with van der Waals surface area (Å²) in [6.45, 7) is 2.05. The van der Waals surface area contributed by atoms with Gasteiger partial charge in [-0.2, -0.15) is 0 Å². The van der Waals surface area contributed by atoms with Gasteiger partial charge in [0.2, 0.25) is 0 Å². The summed E-state index contributed by atoms with van der Waals surface area (Å²) in [5.41, 5.74) is 4.05. The lowest BCUT2D eigenvalue weighted by molar-refractivity contribution is 0.490. The van der Waals surface area contributed by atoms with Crippen LogP contribution in [0.1, 0.15) is 5.56 Å². The zero-order chi connectivity index (χ0) is 17.4. The summed E-state index contributed by atoms with van der Waals surface area (Å²) < 4.78 is 6.23. The van der Waals surface area contributed by atoms with E-state index < -0.39 is 0 Å². The molecule has 0 fully saturated rings. The van der Waals surface area contributed by atoms with E-state index in [1.807, 2.05) is 73.7 Å². The second kappa shape index (κ2) is 6.47. The maximum atomic E-state index is 6.23. The first kappa shape index (κ1) is 16.1. The van der Waals surface area contributed by atoms with Crippen molar-refractivity contribution in [3.63, 3.8) is 0 Å². The second-order valence-corrected chi connectivity index (χ2v) is 6.81. The van der Waals surface area contributed by atoms with Gasteiger partial charge in [0.05, 0.1) is 5.69 Å². The molecule has 0 aliphatic carbocycles. The Morgan fingerprint density at radius 1 is 0.800 bits per heavy atom. The van der Waals surface area contributed by atoms with E-state index >= 15 is 0 Å². The number of hydrogen-bond donors (Lipinski definition) is 1. The van der Waals surface area contributed by atoms with Gasteiger partial charge in [0, 0.05) is 26.5 Å². The Morgan fingerprint density at radius 3 is 2.20 bits per heavy atom. The monoisotopic (exact) mass is 367 g/mol. The minimum absolute atomic E-state index is 0.669. The van der Waals surface area contributed by atoms with Crippen molar-refractivity contribution < 1.29 is 4.74 Å². The molecule has 0 atom stereocenters. The van der Waals surface area contributed by atoms with Crippen molar-refractivity contribution in [2.24, 2.45) is 0 Å². The Balaban J connectivity index is 1.89. The molecule has 0 bridgehead atoms. The van der Waals surface area contributed by atoms with Crippen LogP contribution in [0.5, 0.6) is 11.5 Å². The predicted octanol–water partition coefficient (Wildman–Crippen LogP) is 7.24. The molecule has 124 valence electrons. The fourth-order valence-electron chi connectivity index (χ4n) is 2.79. The maximum absolute atomic E-state index is 6.23. The molecule has 0 aliphatic rings. The van der Waals surface area contributed by atoms with Crippen molar-refractivity contribution in [2.75, 3.05) is 0 Å². The summed E-state index contributed by atoms with van der Waals surface area (Å²) in [5.74, 6) is 1.53. The molecule has 0 radical (unpaired) electrons. The summed E-state index contributed by atoms with van der Waals surface area (Å²) in [6.07, 6.45) is 0. The molecule has 4 rings (SSSR count). The molecule has 0 unspecified atom stereocenters. The predicted molar refractivity (Wildman–Crippen MR) is 105 cm³/mol. The van der Waals surface area contributed by atoms with Gasteiger partial charge in [0.25, 0.3) is 0 Å². The normalized spacial score (nSPS) is 11.0. The summed E-state index contributed by atoms with van der Waals surface area (Å²) >= 11 is 12.2. The number of fused-ring (bicyclic) bond motifs is 1. The van der Waals surface area contributed by atoms with E-state index in [1.165, 1.54) is 5.56 Å². The van der Waals surface area contributed by atoms with E-state index in [0.29, 0.717) is 10.0 Å². The van der Waals surface area contributed by atoms with Crippen LogP contribution < -0.4 is 4.74 Å². The molecular formula is C21H15Cl2NO. The van der Waals surface area contributed by atoms with Crippen LogP contribution in [-0.2, 0) is 0 Å². The van der Waals surface area contributed by atoms with Crippen LogP contribution in [0.15, 0.2) is 66.7 Å². The molecule has 0 spiro atoms. The minimum atomic E-state index is 0.669. The standard InChI is InChI=1S/C21H15Cl2NO/c1-13-2-9-17(10-3-13)25-21-18-12-16(23)8-11-19(18)24-20(21)14-4-6-15(22)7-5-14/h2-12,24H,1H3. The van der Waals surface area contributed by atoms with Gasteiger partial charge in [-0.3, -0.25) is 0 Å². The van der Waals surface area contributed by atoms with Gasteiger partial charge >= 0.3 is 0 Å². The highest BCUT2D eigenvalue weighted by atomic mass is 35.5. The first-order valence-electron chi connectivity index (χ1n) is 7.92. The number of aromatic nitrogens is 1. The molecule has 4 aromatic rings. The van der Waals surface area contributed by atoms with E-state index in [4.69, 9.17) is 27.9 Å². The highest BCUT2D eigenvalue weighted by Crippen LogP contribution is 2.40. The molecule has 3 aromatic carbocycles. The lowest BCUT2D eigenvalue weighted by Crippen LogP contribution is -1.87. The van der Waals surface area contributed by atoms with Crippen molar-refractivity contribution in [1.29, 1.82) is 0 Å². The van der Waals surface area contributed by atoms with Gasteiger partial charge in [-0.15, -0.1) is 0 Å². The van der Waals surface area contributed by atoms with Crippen LogP contribution in [0.3, 0.4) is 0 Å². The third-order valence-corrected chi connectivity index (χ3v) is 4.57. The molecular weight excluding hydrogens is 353 g/mol. The van der Waals surface area contributed by atoms with E-state index in [9.17, 15) is 0 Å².